The minimum Gasteiger partial charge on any atom is -0.374 e. The Labute approximate surface area is 120 Å². The molecule has 0 aliphatic carbocycles. The molecule has 1 aromatic carbocycles. The topological polar surface area (TPSA) is 37.9 Å². The Kier molecular flexibility index (Phi) is 5.56. The van der Waals surface area contributed by atoms with Crippen LogP contribution in [-0.4, -0.2) is 16.8 Å². The van der Waals surface area contributed by atoms with E-state index in [0.717, 1.165) is 25.1 Å². The standard InChI is InChI=1S/C17H22N2O/c1-3-5-17(20-4-2)15-9-6-14(7-10-15)8-11-16-12-13-18-19-16/h6-13,17H,3-5H2,1-2H3,(H,18,19)/b11-8+. The highest BCUT2D eigenvalue weighted by atomic mass is 16.5. The molecule has 0 fully saturated rings. The van der Waals surface area contributed by atoms with Crippen molar-refractivity contribution >= 4 is 12.2 Å². The van der Waals surface area contributed by atoms with Gasteiger partial charge in [0.25, 0.3) is 0 Å². The minimum atomic E-state index is 0.218. The van der Waals surface area contributed by atoms with Crippen LogP contribution in [0.3, 0.4) is 0 Å². The van der Waals surface area contributed by atoms with E-state index in [-0.39, 0.29) is 6.10 Å². The lowest BCUT2D eigenvalue weighted by Crippen LogP contribution is -2.03. The van der Waals surface area contributed by atoms with Crippen LogP contribution in [0.15, 0.2) is 36.5 Å². The quantitative estimate of drug-likeness (QED) is 0.806. The second-order valence-corrected chi connectivity index (χ2v) is 4.74. The van der Waals surface area contributed by atoms with Gasteiger partial charge in [-0.05, 0) is 36.6 Å². The van der Waals surface area contributed by atoms with Crippen molar-refractivity contribution in [2.75, 3.05) is 6.61 Å². The number of nitrogens with one attached hydrogen (secondary N) is 1. The van der Waals surface area contributed by atoms with Crippen LogP contribution in [0.2, 0.25) is 0 Å². The molecule has 1 heterocycles. The fourth-order valence-corrected chi connectivity index (χ4v) is 2.18. The lowest BCUT2D eigenvalue weighted by molar-refractivity contribution is 0.0557. The first-order valence-corrected chi connectivity index (χ1v) is 7.22. The van der Waals surface area contributed by atoms with Gasteiger partial charge < -0.3 is 4.74 Å². The SMILES string of the molecule is CCCC(OCC)c1ccc(/C=C/c2ccn[nH]2)cc1. The van der Waals surface area contributed by atoms with Crippen LogP contribution in [0.5, 0.6) is 0 Å². The minimum absolute atomic E-state index is 0.218. The van der Waals surface area contributed by atoms with Gasteiger partial charge >= 0.3 is 0 Å². The third-order valence-electron chi connectivity index (χ3n) is 3.20. The van der Waals surface area contributed by atoms with Crippen molar-refractivity contribution in [1.82, 2.24) is 10.2 Å². The summed E-state index contributed by atoms with van der Waals surface area (Å²) in [5.41, 5.74) is 3.44. The van der Waals surface area contributed by atoms with Gasteiger partial charge in [-0.2, -0.15) is 5.10 Å². The monoisotopic (exact) mass is 270 g/mol. The predicted molar refractivity (Wildman–Crippen MR) is 83.2 cm³/mol. The maximum absolute atomic E-state index is 5.80. The van der Waals surface area contributed by atoms with Gasteiger partial charge in [-0.15, -0.1) is 0 Å². The predicted octanol–water partition coefficient (Wildman–Crippen LogP) is 4.46. The third-order valence-corrected chi connectivity index (χ3v) is 3.20. The fourth-order valence-electron chi connectivity index (χ4n) is 2.18. The molecule has 0 radical (unpaired) electrons. The second kappa shape index (κ2) is 7.65. The summed E-state index contributed by atoms with van der Waals surface area (Å²) in [4.78, 5) is 0. The van der Waals surface area contributed by atoms with Gasteiger partial charge in [-0.1, -0.05) is 43.7 Å². The van der Waals surface area contributed by atoms with Gasteiger partial charge in [0.15, 0.2) is 0 Å². The maximum Gasteiger partial charge on any atom is 0.0824 e. The van der Waals surface area contributed by atoms with Gasteiger partial charge in [0.1, 0.15) is 0 Å². The second-order valence-electron chi connectivity index (χ2n) is 4.74. The molecule has 0 amide bonds. The van der Waals surface area contributed by atoms with Crippen molar-refractivity contribution in [2.24, 2.45) is 0 Å². The van der Waals surface area contributed by atoms with Crippen LogP contribution < -0.4 is 0 Å². The Morgan fingerprint density at radius 3 is 2.55 bits per heavy atom. The van der Waals surface area contributed by atoms with Crippen LogP contribution in [0, 0.1) is 0 Å². The van der Waals surface area contributed by atoms with E-state index in [1.807, 2.05) is 19.1 Å². The van der Waals surface area contributed by atoms with Crippen molar-refractivity contribution in [2.45, 2.75) is 32.8 Å². The fraction of sp³-hybridized carbons (Fsp3) is 0.353. The average Bonchev–Trinajstić information content (AvgIpc) is 2.99. The Balaban J connectivity index is 2.05. The Hall–Kier alpha value is -1.87. The zero-order chi connectivity index (χ0) is 14.2. The largest absolute Gasteiger partial charge is 0.374 e. The number of ether oxygens (including phenoxy) is 1. The molecule has 0 saturated heterocycles. The Morgan fingerprint density at radius 1 is 1.15 bits per heavy atom. The summed E-state index contributed by atoms with van der Waals surface area (Å²) in [6.45, 7) is 4.99. The molecule has 20 heavy (non-hydrogen) atoms. The van der Waals surface area contributed by atoms with Gasteiger partial charge in [0, 0.05) is 12.8 Å². The molecule has 2 aromatic rings. The molecule has 1 unspecified atom stereocenters. The number of aromatic nitrogens is 2. The maximum atomic E-state index is 5.80. The van der Waals surface area contributed by atoms with E-state index in [2.05, 4.69) is 47.5 Å². The summed E-state index contributed by atoms with van der Waals surface area (Å²) in [6, 6.07) is 10.5. The van der Waals surface area contributed by atoms with Crippen molar-refractivity contribution < 1.29 is 4.74 Å². The molecule has 0 aliphatic rings. The zero-order valence-electron chi connectivity index (χ0n) is 12.2. The molecule has 3 heteroatoms. The van der Waals surface area contributed by atoms with Gasteiger partial charge in [0.05, 0.1) is 11.8 Å². The first-order chi connectivity index (χ1) is 9.83. The molecule has 1 N–H and O–H groups in total. The van der Waals surface area contributed by atoms with E-state index >= 15 is 0 Å². The van der Waals surface area contributed by atoms with E-state index in [1.54, 1.807) is 6.20 Å². The Bertz CT molecular complexity index is 508. The highest BCUT2D eigenvalue weighted by molar-refractivity contribution is 5.67. The molecular weight excluding hydrogens is 248 g/mol. The molecule has 106 valence electrons. The van der Waals surface area contributed by atoms with Crippen LogP contribution in [0.25, 0.3) is 12.2 Å². The number of hydrogen-bond acceptors (Lipinski definition) is 2. The lowest BCUT2D eigenvalue weighted by Gasteiger charge is -2.16. The Morgan fingerprint density at radius 2 is 1.95 bits per heavy atom. The normalized spacial score (nSPS) is 12.9. The van der Waals surface area contributed by atoms with E-state index in [9.17, 15) is 0 Å². The molecule has 1 atom stereocenters. The summed E-state index contributed by atoms with van der Waals surface area (Å²) in [5, 5.41) is 6.83. The molecule has 0 spiro atoms. The summed E-state index contributed by atoms with van der Waals surface area (Å²) >= 11 is 0. The van der Waals surface area contributed by atoms with Crippen LogP contribution in [0.4, 0.5) is 0 Å². The van der Waals surface area contributed by atoms with Crippen molar-refractivity contribution in [1.29, 1.82) is 0 Å². The number of benzene rings is 1. The highest BCUT2D eigenvalue weighted by Crippen LogP contribution is 2.23. The first-order valence-electron chi connectivity index (χ1n) is 7.22. The van der Waals surface area contributed by atoms with Crippen molar-refractivity contribution in [3.8, 4) is 0 Å². The van der Waals surface area contributed by atoms with Crippen molar-refractivity contribution in [3.63, 3.8) is 0 Å². The van der Waals surface area contributed by atoms with Gasteiger partial charge in [0.2, 0.25) is 0 Å². The lowest BCUT2D eigenvalue weighted by atomic mass is 10.0. The smallest absolute Gasteiger partial charge is 0.0824 e. The summed E-state index contributed by atoms with van der Waals surface area (Å²) in [6.07, 6.45) is 8.26. The molecule has 1 aromatic heterocycles. The summed E-state index contributed by atoms with van der Waals surface area (Å²) in [5.74, 6) is 0. The van der Waals surface area contributed by atoms with E-state index in [1.165, 1.54) is 11.1 Å². The number of nitrogens with zero attached hydrogens (tertiary/aromatic N) is 1. The molecule has 0 saturated carbocycles. The van der Waals surface area contributed by atoms with E-state index in [0.29, 0.717) is 0 Å². The third kappa shape index (κ3) is 4.07. The van der Waals surface area contributed by atoms with E-state index < -0.39 is 0 Å². The molecular formula is C17H22N2O. The van der Waals surface area contributed by atoms with Gasteiger partial charge in [-0.25, -0.2) is 0 Å². The first kappa shape index (κ1) is 14.5. The van der Waals surface area contributed by atoms with Crippen LogP contribution in [0.1, 0.15) is 49.6 Å². The number of H-pyrrole nitrogens is 1. The summed E-state index contributed by atoms with van der Waals surface area (Å²) < 4.78 is 5.80. The number of rotatable bonds is 7. The van der Waals surface area contributed by atoms with E-state index in [4.69, 9.17) is 4.74 Å². The molecule has 0 bridgehead atoms. The average molecular weight is 270 g/mol. The highest BCUT2D eigenvalue weighted by Gasteiger charge is 2.09. The molecule has 2 rings (SSSR count). The molecule has 0 aliphatic heterocycles. The summed E-state index contributed by atoms with van der Waals surface area (Å²) in [7, 11) is 0. The number of aromatic amines is 1. The molecule has 3 nitrogen and oxygen atoms in total. The van der Waals surface area contributed by atoms with Crippen molar-refractivity contribution in [3.05, 3.63) is 53.3 Å². The number of hydrogen-bond donors (Lipinski definition) is 1. The van der Waals surface area contributed by atoms with Crippen LogP contribution in [-0.2, 0) is 4.74 Å². The zero-order valence-corrected chi connectivity index (χ0v) is 12.2. The van der Waals surface area contributed by atoms with Gasteiger partial charge in [-0.3, -0.25) is 5.10 Å². The van der Waals surface area contributed by atoms with Crippen LogP contribution >= 0.6 is 0 Å².